The van der Waals surface area contributed by atoms with E-state index >= 15 is 0 Å². The monoisotopic (exact) mass is 315 g/mol. The topological polar surface area (TPSA) is 49.3 Å². The van der Waals surface area contributed by atoms with Crippen molar-refractivity contribution in [1.82, 2.24) is 5.32 Å². The number of carbonyl (C=O) groups excluding carboxylic acids is 1. The first-order valence-corrected chi connectivity index (χ1v) is 9.25. The molecule has 3 nitrogen and oxygen atoms in total. The third-order valence-corrected chi connectivity index (χ3v) is 5.48. The van der Waals surface area contributed by atoms with E-state index < -0.39 is 5.60 Å². The Kier molecular flexibility index (Phi) is 5.37. The first-order valence-electron chi connectivity index (χ1n) is 9.25. The van der Waals surface area contributed by atoms with Crippen LogP contribution in [0.4, 0.5) is 0 Å². The van der Waals surface area contributed by atoms with Gasteiger partial charge >= 0.3 is 0 Å². The Labute approximate surface area is 139 Å². The van der Waals surface area contributed by atoms with Gasteiger partial charge in [-0.15, -0.1) is 0 Å². The lowest BCUT2D eigenvalue weighted by Gasteiger charge is -2.30. The number of carbonyl (C=O) groups is 1. The maximum absolute atomic E-state index is 12.3. The molecule has 23 heavy (non-hydrogen) atoms. The van der Waals surface area contributed by atoms with Gasteiger partial charge in [-0.2, -0.15) is 0 Å². The van der Waals surface area contributed by atoms with Gasteiger partial charge in [0.1, 0.15) is 5.60 Å². The summed E-state index contributed by atoms with van der Waals surface area (Å²) >= 11 is 0. The van der Waals surface area contributed by atoms with Crippen LogP contribution in [0.5, 0.6) is 0 Å². The molecule has 1 amide bonds. The van der Waals surface area contributed by atoms with Gasteiger partial charge in [-0.25, -0.2) is 0 Å². The predicted octanol–water partition coefficient (Wildman–Crippen LogP) is 3.60. The number of hydrogen-bond donors (Lipinski definition) is 2. The van der Waals surface area contributed by atoms with Crippen LogP contribution in [-0.4, -0.2) is 22.7 Å². The Morgan fingerprint density at radius 3 is 2.61 bits per heavy atom. The summed E-state index contributed by atoms with van der Waals surface area (Å²) in [6.45, 7) is 0. The minimum Gasteiger partial charge on any atom is -0.380 e. The molecule has 2 aliphatic carbocycles. The number of rotatable bonds is 7. The molecule has 0 unspecified atom stereocenters. The first-order chi connectivity index (χ1) is 11.2. The normalized spacial score (nSPS) is 25.8. The zero-order valence-corrected chi connectivity index (χ0v) is 14.0. The Morgan fingerprint density at radius 2 is 1.87 bits per heavy atom. The first kappa shape index (κ1) is 16.5. The molecule has 2 fully saturated rings. The van der Waals surface area contributed by atoms with Crippen LogP contribution >= 0.6 is 0 Å². The Morgan fingerprint density at radius 1 is 1.13 bits per heavy atom. The Bertz CT molecular complexity index is 508. The molecule has 2 N–H and O–H groups in total. The highest BCUT2D eigenvalue weighted by molar-refractivity contribution is 5.85. The summed E-state index contributed by atoms with van der Waals surface area (Å²) in [5.41, 5.74) is 0.325. The molecule has 0 aliphatic heterocycles. The van der Waals surface area contributed by atoms with Crippen molar-refractivity contribution >= 4 is 5.91 Å². The van der Waals surface area contributed by atoms with Crippen LogP contribution in [0.15, 0.2) is 30.3 Å². The lowest BCUT2D eigenvalue weighted by atomic mass is 9.84. The van der Waals surface area contributed by atoms with Gasteiger partial charge in [0, 0.05) is 6.04 Å². The van der Waals surface area contributed by atoms with E-state index in [9.17, 15) is 9.90 Å². The van der Waals surface area contributed by atoms with Gasteiger partial charge in [-0.3, -0.25) is 4.79 Å². The highest BCUT2D eigenvalue weighted by Gasteiger charge is 2.43. The van der Waals surface area contributed by atoms with E-state index in [0.29, 0.717) is 24.8 Å². The maximum atomic E-state index is 12.3. The molecule has 0 heterocycles. The Hall–Kier alpha value is -1.35. The van der Waals surface area contributed by atoms with Crippen LogP contribution in [0.25, 0.3) is 0 Å². The maximum Gasteiger partial charge on any atom is 0.252 e. The molecule has 2 saturated carbocycles. The highest BCUT2D eigenvalue weighted by atomic mass is 16.3. The lowest BCUT2D eigenvalue weighted by molar-refractivity contribution is -0.143. The molecular formula is C20H29NO2. The minimum atomic E-state index is -1.08. The second-order valence-corrected chi connectivity index (χ2v) is 7.40. The van der Waals surface area contributed by atoms with Gasteiger partial charge < -0.3 is 10.4 Å². The van der Waals surface area contributed by atoms with Crippen LogP contribution in [0.3, 0.4) is 0 Å². The lowest BCUT2D eigenvalue weighted by Crippen LogP contribution is -2.49. The second kappa shape index (κ2) is 7.48. The van der Waals surface area contributed by atoms with Crippen molar-refractivity contribution in [2.75, 3.05) is 0 Å². The third-order valence-electron chi connectivity index (χ3n) is 5.48. The molecule has 0 radical (unpaired) electrons. The van der Waals surface area contributed by atoms with Crippen molar-refractivity contribution in [3.8, 4) is 0 Å². The SMILES string of the molecule is O=C(N[C@@H]1C[C@H]1CCCCc1ccccc1)C1(O)CCCCC1. The van der Waals surface area contributed by atoms with Gasteiger partial charge in [0.2, 0.25) is 0 Å². The number of aryl methyl sites for hydroxylation is 1. The van der Waals surface area contributed by atoms with Crippen LogP contribution < -0.4 is 5.32 Å². The summed E-state index contributed by atoms with van der Waals surface area (Å²) in [7, 11) is 0. The summed E-state index contributed by atoms with van der Waals surface area (Å²) in [6.07, 6.45) is 10.2. The van der Waals surface area contributed by atoms with E-state index in [1.165, 1.54) is 24.8 Å². The average molecular weight is 315 g/mol. The molecule has 1 aromatic rings. The molecule has 3 heteroatoms. The molecule has 2 aliphatic rings. The molecule has 1 aromatic carbocycles. The average Bonchev–Trinajstić information content (AvgIpc) is 3.31. The molecule has 2 atom stereocenters. The third kappa shape index (κ3) is 4.57. The summed E-state index contributed by atoms with van der Waals surface area (Å²) in [5.74, 6) is 0.510. The van der Waals surface area contributed by atoms with Crippen molar-refractivity contribution in [2.24, 2.45) is 5.92 Å². The van der Waals surface area contributed by atoms with Crippen molar-refractivity contribution in [3.63, 3.8) is 0 Å². The second-order valence-electron chi connectivity index (χ2n) is 7.40. The molecule has 0 aromatic heterocycles. The molecule has 0 bridgehead atoms. The molecule has 126 valence electrons. The van der Waals surface area contributed by atoms with Crippen LogP contribution in [0.2, 0.25) is 0 Å². The van der Waals surface area contributed by atoms with Crippen LogP contribution in [0.1, 0.15) is 63.4 Å². The number of hydrogen-bond acceptors (Lipinski definition) is 2. The standard InChI is InChI=1S/C20H29NO2/c22-19(20(23)13-7-2-8-14-20)21-18-15-17(18)12-6-5-11-16-9-3-1-4-10-16/h1,3-4,9-10,17-18,23H,2,5-8,11-15H2,(H,21,22)/t17-,18-/m1/s1. The Balaban J connectivity index is 1.31. The van der Waals surface area contributed by atoms with Gasteiger partial charge in [0.25, 0.3) is 5.91 Å². The van der Waals surface area contributed by atoms with Crippen molar-refractivity contribution < 1.29 is 9.90 Å². The van der Waals surface area contributed by atoms with Gasteiger partial charge in [-0.05, 0) is 50.0 Å². The van der Waals surface area contributed by atoms with Crippen molar-refractivity contribution in [1.29, 1.82) is 0 Å². The largest absolute Gasteiger partial charge is 0.380 e. The molecule has 0 spiro atoms. The van der Waals surface area contributed by atoms with E-state index in [-0.39, 0.29) is 5.91 Å². The fourth-order valence-corrected chi connectivity index (χ4v) is 3.79. The van der Waals surface area contributed by atoms with E-state index in [1.54, 1.807) is 0 Å². The zero-order valence-electron chi connectivity index (χ0n) is 14.0. The summed E-state index contributed by atoms with van der Waals surface area (Å²) in [5, 5.41) is 13.5. The van der Waals surface area contributed by atoms with E-state index in [0.717, 1.165) is 32.1 Å². The quantitative estimate of drug-likeness (QED) is 0.755. The van der Waals surface area contributed by atoms with E-state index in [1.807, 2.05) is 0 Å². The number of aliphatic hydroxyl groups is 1. The van der Waals surface area contributed by atoms with Gasteiger partial charge in [0.05, 0.1) is 0 Å². The van der Waals surface area contributed by atoms with Gasteiger partial charge in [-0.1, -0.05) is 56.0 Å². The van der Waals surface area contributed by atoms with Gasteiger partial charge in [0.15, 0.2) is 0 Å². The minimum absolute atomic E-state index is 0.117. The van der Waals surface area contributed by atoms with Crippen LogP contribution in [-0.2, 0) is 11.2 Å². The smallest absolute Gasteiger partial charge is 0.252 e. The van der Waals surface area contributed by atoms with E-state index in [2.05, 4.69) is 35.6 Å². The summed E-state index contributed by atoms with van der Waals surface area (Å²) < 4.78 is 0. The van der Waals surface area contributed by atoms with Crippen LogP contribution in [0, 0.1) is 5.92 Å². The molecular weight excluding hydrogens is 286 g/mol. The van der Waals surface area contributed by atoms with Crippen molar-refractivity contribution in [2.45, 2.75) is 75.9 Å². The number of nitrogens with one attached hydrogen (secondary N) is 1. The predicted molar refractivity (Wildman–Crippen MR) is 92.1 cm³/mol. The molecule has 3 rings (SSSR count). The number of benzene rings is 1. The number of amides is 1. The van der Waals surface area contributed by atoms with E-state index in [4.69, 9.17) is 0 Å². The summed E-state index contributed by atoms with van der Waals surface area (Å²) in [6, 6.07) is 10.9. The molecule has 0 saturated heterocycles. The fourth-order valence-electron chi connectivity index (χ4n) is 3.79. The zero-order chi connectivity index (χ0) is 16.1. The fraction of sp³-hybridized carbons (Fsp3) is 0.650. The highest BCUT2D eigenvalue weighted by Crippen LogP contribution is 2.36. The van der Waals surface area contributed by atoms with Crippen molar-refractivity contribution in [3.05, 3.63) is 35.9 Å². The number of unbranched alkanes of at least 4 members (excludes halogenated alkanes) is 1. The summed E-state index contributed by atoms with van der Waals surface area (Å²) in [4.78, 5) is 12.3.